The Morgan fingerprint density at radius 2 is 2.00 bits per heavy atom. The minimum Gasteiger partial charge on any atom is -0.384 e. The van der Waals surface area contributed by atoms with Gasteiger partial charge in [0.15, 0.2) is 0 Å². The highest BCUT2D eigenvalue weighted by Crippen LogP contribution is 2.29. The highest BCUT2D eigenvalue weighted by molar-refractivity contribution is 7.10. The molecule has 0 aliphatic rings. The zero-order valence-electron chi connectivity index (χ0n) is 8.15. The van der Waals surface area contributed by atoms with E-state index in [0.717, 1.165) is 11.1 Å². The van der Waals surface area contributed by atoms with Gasteiger partial charge in [0.1, 0.15) is 6.10 Å². The number of aryl methyl sites for hydroxylation is 2. The minimum atomic E-state index is -0.453. The van der Waals surface area contributed by atoms with E-state index in [4.69, 9.17) is 0 Å². The normalized spacial score (nSPS) is 13.1. The van der Waals surface area contributed by atoms with Gasteiger partial charge in [-0.1, -0.05) is 0 Å². The van der Waals surface area contributed by atoms with Crippen molar-refractivity contribution in [1.29, 1.82) is 0 Å². The smallest absolute Gasteiger partial charge is 0.106 e. The molecular formula is C11H12OS2. The Kier molecular flexibility index (Phi) is 2.72. The standard InChI is InChI=1S/C11H12OS2/c1-7-4-13-6-10(7)11(12)9-3-8(2)14-5-9/h3-6,11-12H,1-2H3. The lowest BCUT2D eigenvalue weighted by atomic mass is 10.0. The topological polar surface area (TPSA) is 20.2 Å². The summed E-state index contributed by atoms with van der Waals surface area (Å²) in [6.07, 6.45) is -0.453. The van der Waals surface area contributed by atoms with Gasteiger partial charge in [-0.15, -0.1) is 11.3 Å². The summed E-state index contributed by atoms with van der Waals surface area (Å²) < 4.78 is 0. The molecule has 1 nitrogen and oxygen atoms in total. The first kappa shape index (κ1) is 9.90. The Bertz CT molecular complexity index is 428. The van der Waals surface area contributed by atoms with Gasteiger partial charge in [-0.2, -0.15) is 11.3 Å². The predicted octanol–water partition coefficient (Wildman–Crippen LogP) is 3.51. The Balaban J connectivity index is 2.33. The summed E-state index contributed by atoms with van der Waals surface area (Å²) in [5, 5.41) is 16.2. The summed E-state index contributed by atoms with van der Waals surface area (Å²) in [5.74, 6) is 0. The number of aliphatic hydroxyl groups excluding tert-OH is 1. The molecule has 2 heterocycles. The molecule has 0 aliphatic heterocycles. The van der Waals surface area contributed by atoms with Crippen LogP contribution < -0.4 is 0 Å². The van der Waals surface area contributed by atoms with E-state index in [1.807, 2.05) is 23.8 Å². The summed E-state index contributed by atoms with van der Waals surface area (Å²) in [7, 11) is 0. The zero-order chi connectivity index (χ0) is 10.1. The highest BCUT2D eigenvalue weighted by atomic mass is 32.1. The summed E-state index contributed by atoms with van der Waals surface area (Å²) in [6.45, 7) is 4.09. The van der Waals surface area contributed by atoms with E-state index >= 15 is 0 Å². The first-order valence-corrected chi connectivity index (χ1v) is 6.26. The summed E-state index contributed by atoms with van der Waals surface area (Å²) in [5.41, 5.74) is 3.22. The quantitative estimate of drug-likeness (QED) is 0.827. The van der Waals surface area contributed by atoms with Crippen molar-refractivity contribution in [2.75, 3.05) is 0 Å². The van der Waals surface area contributed by atoms with E-state index in [1.54, 1.807) is 22.7 Å². The molecule has 14 heavy (non-hydrogen) atoms. The van der Waals surface area contributed by atoms with Crippen LogP contribution in [-0.2, 0) is 0 Å². The third-order valence-corrected chi connectivity index (χ3v) is 4.02. The molecule has 0 bridgehead atoms. The van der Waals surface area contributed by atoms with Crippen LogP contribution in [0.15, 0.2) is 22.2 Å². The Morgan fingerprint density at radius 1 is 1.21 bits per heavy atom. The molecule has 74 valence electrons. The Hall–Kier alpha value is -0.640. The lowest BCUT2D eigenvalue weighted by Gasteiger charge is -2.07. The fourth-order valence-corrected chi connectivity index (χ4v) is 3.03. The highest BCUT2D eigenvalue weighted by Gasteiger charge is 2.14. The minimum absolute atomic E-state index is 0.453. The first-order chi connectivity index (χ1) is 6.68. The van der Waals surface area contributed by atoms with Crippen LogP contribution >= 0.6 is 22.7 Å². The molecule has 0 radical (unpaired) electrons. The molecule has 0 aromatic carbocycles. The molecule has 0 spiro atoms. The maximum Gasteiger partial charge on any atom is 0.106 e. The number of hydrogen-bond acceptors (Lipinski definition) is 3. The molecule has 0 amide bonds. The molecule has 1 unspecified atom stereocenters. The van der Waals surface area contributed by atoms with Crippen LogP contribution in [-0.4, -0.2) is 5.11 Å². The van der Waals surface area contributed by atoms with Crippen LogP contribution in [0.3, 0.4) is 0 Å². The lowest BCUT2D eigenvalue weighted by Crippen LogP contribution is -1.97. The van der Waals surface area contributed by atoms with Crippen molar-refractivity contribution in [1.82, 2.24) is 0 Å². The van der Waals surface area contributed by atoms with Crippen LogP contribution in [0.1, 0.15) is 27.7 Å². The summed E-state index contributed by atoms with van der Waals surface area (Å²) >= 11 is 3.32. The number of aliphatic hydroxyl groups is 1. The molecular weight excluding hydrogens is 212 g/mol. The van der Waals surface area contributed by atoms with Crippen LogP contribution in [0.4, 0.5) is 0 Å². The summed E-state index contributed by atoms with van der Waals surface area (Å²) in [6, 6.07) is 2.05. The van der Waals surface area contributed by atoms with Crippen molar-refractivity contribution in [2.45, 2.75) is 20.0 Å². The number of thiophene rings is 2. The molecule has 1 atom stereocenters. The zero-order valence-corrected chi connectivity index (χ0v) is 9.78. The molecule has 2 aromatic heterocycles. The van der Waals surface area contributed by atoms with E-state index in [-0.39, 0.29) is 0 Å². The number of rotatable bonds is 2. The van der Waals surface area contributed by atoms with Gasteiger partial charge in [0.25, 0.3) is 0 Å². The molecule has 0 fully saturated rings. The van der Waals surface area contributed by atoms with E-state index in [9.17, 15) is 5.11 Å². The van der Waals surface area contributed by atoms with E-state index in [0.29, 0.717) is 0 Å². The first-order valence-electron chi connectivity index (χ1n) is 4.44. The van der Waals surface area contributed by atoms with Gasteiger partial charge in [-0.3, -0.25) is 0 Å². The van der Waals surface area contributed by atoms with E-state index < -0.39 is 6.10 Å². The van der Waals surface area contributed by atoms with Gasteiger partial charge in [-0.05, 0) is 52.7 Å². The predicted molar refractivity (Wildman–Crippen MR) is 62.2 cm³/mol. The molecule has 2 rings (SSSR count). The monoisotopic (exact) mass is 224 g/mol. The third kappa shape index (κ3) is 1.75. The molecule has 3 heteroatoms. The Morgan fingerprint density at radius 3 is 2.50 bits per heavy atom. The second kappa shape index (κ2) is 3.85. The largest absolute Gasteiger partial charge is 0.384 e. The van der Waals surface area contributed by atoms with Crippen LogP contribution in [0.25, 0.3) is 0 Å². The van der Waals surface area contributed by atoms with Gasteiger partial charge in [0, 0.05) is 4.88 Å². The molecule has 0 saturated heterocycles. The average Bonchev–Trinajstić information content (AvgIpc) is 2.73. The fourth-order valence-electron chi connectivity index (χ4n) is 1.44. The molecule has 1 N–H and O–H groups in total. The molecule has 0 aliphatic carbocycles. The van der Waals surface area contributed by atoms with Crippen molar-refractivity contribution < 1.29 is 5.11 Å². The van der Waals surface area contributed by atoms with Gasteiger partial charge in [0.05, 0.1) is 0 Å². The van der Waals surface area contributed by atoms with Gasteiger partial charge in [0.2, 0.25) is 0 Å². The van der Waals surface area contributed by atoms with Crippen LogP contribution in [0.2, 0.25) is 0 Å². The molecule has 2 aromatic rings. The maximum atomic E-state index is 10.1. The average molecular weight is 224 g/mol. The third-order valence-electron chi connectivity index (χ3n) is 2.26. The summed E-state index contributed by atoms with van der Waals surface area (Å²) in [4.78, 5) is 1.24. The maximum absolute atomic E-state index is 10.1. The second-order valence-electron chi connectivity index (χ2n) is 3.40. The molecule has 0 saturated carbocycles. The van der Waals surface area contributed by atoms with Crippen molar-refractivity contribution in [3.05, 3.63) is 43.8 Å². The van der Waals surface area contributed by atoms with Crippen molar-refractivity contribution in [2.24, 2.45) is 0 Å². The van der Waals surface area contributed by atoms with Crippen LogP contribution in [0.5, 0.6) is 0 Å². The van der Waals surface area contributed by atoms with Gasteiger partial charge >= 0.3 is 0 Å². The van der Waals surface area contributed by atoms with E-state index in [2.05, 4.69) is 12.3 Å². The second-order valence-corrected chi connectivity index (χ2v) is 5.26. The Labute approximate surface area is 91.7 Å². The van der Waals surface area contributed by atoms with E-state index in [1.165, 1.54) is 10.4 Å². The number of hydrogen-bond donors (Lipinski definition) is 1. The van der Waals surface area contributed by atoms with Crippen molar-refractivity contribution in [3.63, 3.8) is 0 Å². The van der Waals surface area contributed by atoms with Gasteiger partial charge in [-0.25, -0.2) is 0 Å². The van der Waals surface area contributed by atoms with Gasteiger partial charge < -0.3 is 5.11 Å². The van der Waals surface area contributed by atoms with Crippen LogP contribution in [0, 0.1) is 13.8 Å². The lowest BCUT2D eigenvalue weighted by molar-refractivity contribution is 0.220. The van der Waals surface area contributed by atoms with Crippen molar-refractivity contribution >= 4 is 22.7 Å². The fraction of sp³-hybridized carbons (Fsp3) is 0.273. The SMILES string of the molecule is Cc1cc(C(O)c2cscc2C)cs1. The van der Waals surface area contributed by atoms with Crippen molar-refractivity contribution in [3.8, 4) is 0 Å².